The largest absolute Gasteiger partial charge is 0.488 e. The first-order valence-corrected chi connectivity index (χ1v) is 8.99. The summed E-state index contributed by atoms with van der Waals surface area (Å²) in [5.41, 5.74) is 1.26. The van der Waals surface area contributed by atoms with Crippen LogP contribution in [0.5, 0.6) is 11.5 Å². The predicted octanol–water partition coefficient (Wildman–Crippen LogP) is 3.16. The van der Waals surface area contributed by atoms with E-state index in [0.29, 0.717) is 11.4 Å². The minimum atomic E-state index is -0.525. The first-order chi connectivity index (χ1) is 13.3. The van der Waals surface area contributed by atoms with Crippen LogP contribution in [-0.2, 0) is 6.42 Å². The Morgan fingerprint density at radius 3 is 2.82 bits per heavy atom. The maximum absolute atomic E-state index is 12.3. The molecule has 3 rings (SSSR count). The van der Waals surface area contributed by atoms with Gasteiger partial charge in [0.05, 0.1) is 11.5 Å². The monoisotopic (exact) mass is 385 g/mol. The van der Waals surface area contributed by atoms with Gasteiger partial charge in [0.15, 0.2) is 11.5 Å². The average molecular weight is 385 g/mol. The molecule has 0 atom stereocenters. The SMILES string of the molecule is CNc1ccc(C(=O)NCCOc2cccc3c2OC(C)(C)C3)cc1[N+](=O)[O-]. The Hall–Kier alpha value is -3.29. The Morgan fingerprint density at radius 1 is 1.32 bits per heavy atom. The van der Waals surface area contributed by atoms with E-state index in [2.05, 4.69) is 10.6 Å². The fourth-order valence-corrected chi connectivity index (χ4v) is 3.16. The van der Waals surface area contributed by atoms with E-state index in [9.17, 15) is 14.9 Å². The zero-order valence-electron chi connectivity index (χ0n) is 16.1. The normalized spacial score (nSPS) is 14.0. The molecule has 1 aliphatic heterocycles. The van der Waals surface area contributed by atoms with Crippen LogP contribution in [0.15, 0.2) is 36.4 Å². The number of hydrogen-bond acceptors (Lipinski definition) is 6. The van der Waals surface area contributed by atoms with E-state index >= 15 is 0 Å². The van der Waals surface area contributed by atoms with Gasteiger partial charge in [-0.2, -0.15) is 0 Å². The third kappa shape index (κ3) is 4.16. The number of nitro benzene ring substituents is 1. The Labute approximate surface area is 163 Å². The van der Waals surface area contributed by atoms with Gasteiger partial charge in [-0.05, 0) is 32.0 Å². The number of hydrogen-bond donors (Lipinski definition) is 2. The molecule has 2 N–H and O–H groups in total. The minimum Gasteiger partial charge on any atom is -0.488 e. The molecule has 2 aromatic rings. The minimum absolute atomic E-state index is 0.147. The van der Waals surface area contributed by atoms with Crippen molar-refractivity contribution in [2.45, 2.75) is 25.9 Å². The Balaban J connectivity index is 1.57. The van der Waals surface area contributed by atoms with Gasteiger partial charge >= 0.3 is 0 Å². The number of benzene rings is 2. The number of para-hydroxylation sites is 1. The van der Waals surface area contributed by atoms with Crippen molar-refractivity contribution >= 4 is 17.3 Å². The highest BCUT2D eigenvalue weighted by atomic mass is 16.6. The number of carbonyl (C=O) groups excluding carboxylic acids is 1. The summed E-state index contributed by atoms with van der Waals surface area (Å²) < 4.78 is 11.7. The number of fused-ring (bicyclic) bond motifs is 1. The van der Waals surface area contributed by atoms with Gasteiger partial charge in [-0.3, -0.25) is 14.9 Å². The van der Waals surface area contributed by atoms with Crippen LogP contribution in [-0.4, -0.2) is 36.6 Å². The van der Waals surface area contributed by atoms with Gasteiger partial charge in [0.25, 0.3) is 11.6 Å². The van der Waals surface area contributed by atoms with Crippen molar-refractivity contribution < 1.29 is 19.2 Å². The number of ether oxygens (including phenoxy) is 2. The molecular formula is C20H23N3O5. The van der Waals surface area contributed by atoms with E-state index in [-0.39, 0.29) is 30.0 Å². The van der Waals surface area contributed by atoms with Crippen LogP contribution in [0, 0.1) is 10.1 Å². The molecule has 28 heavy (non-hydrogen) atoms. The molecule has 0 aromatic heterocycles. The van der Waals surface area contributed by atoms with E-state index in [4.69, 9.17) is 9.47 Å². The van der Waals surface area contributed by atoms with Crippen molar-refractivity contribution in [1.82, 2.24) is 5.32 Å². The van der Waals surface area contributed by atoms with Crippen molar-refractivity contribution in [3.63, 3.8) is 0 Å². The van der Waals surface area contributed by atoms with Crippen LogP contribution >= 0.6 is 0 Å². The van der Waals surface area contributed by atoms with E-state index in [1.807, 2.05) is 32.0 Å². The molecule has 0 aliphatic carbocycles. The average Bonchev–Trinajstić information content (AvgIpc) is 2.98. The summed E-state index contributed by atoms with van der Waals surface area (Å²) >= 11 is 0. The Bertz CT molecular complexity index is 911. The van der Waals surface area contributed by atoms with Crippen molar-refractivity contribution in [3.05, 3.63) is 57.6 Å². The maximum Gasteiger partial charge on any atom is 0.293 e. The molecule has 0 bridgehead atoms. The summed E-state index contributed by atoms with van der Waals surface area (Å²) in [6, 6.07) is 10.1. The van der Waals surface area contributed by atoms with E-state index in [1.165, 1.54) is 18.2 Å². The molecule has 0 unspecified atom stereocenters. The van der Waals surface area contributed by atoms with Crippen LogP contribution in [0.2, 0.25) is 0 Å². The number of nitrogens with one attached hydrogen (secondary N) is 2. The molecule has 8 nitrogen and oxygen atoms in total. The predicted molar refractivity (Wildman–Crippen MR) is 105 cm³/mol. The molecule has 0 spiro atoms. The lowest BCUT2D eigenvalue weighted by molar-refractivity contribution is -0.384. The number of carbonyl (C=O) groups is 1. The number of nitrogens with zero attached hydrogens (tertiary/aromatic N) is 1. The number of amides is 1. The molecule has 8 heteroatoms. The first-order valence-electron chi connectivity index (χ1n) is 8.99. The van der Waals surface area contributed by atoms with Crippen LogP contribution in [0.3, 0.4) is 0 Å². The van der Waals surface area contributed by atoms with Crippen LogP contribution in [0.1, 0.15) is 29.8 Å². The van der Waals surface area contributed by atoms with Crippen molar-refractivity contribution in [2.24, 2.45) is 0 Å². The molecule has 0 fully saturated rings. The first kappa shape index (κ1) is 19.5. The number of nitro groups is 1. The van der Waals surface area contributed by atoms with Gasteiger partial charge in [-0.25, -0.2) is 0 Å². The smallest absolute Gasteiger partial charge is 0.293 e. The van der Waals surface area contributed by atoms with Crippen LogP contribution in [0.4, 0.5) is 11.4 Å². The molecule has 2 aromatic carbocycles. The molecule has 1 amide bonds. The summed E-state index contributed by atoms with van der Waals surface area (Å²) in [5.74, 6) is 0.994. The fourth-order valence-electron chi connectivity index (χ4n) is 3.16. The van der Waals surface area contributed by atoms with Gasteiger partial charge in [0.1, 0.15) is 17.9 Å². The Kier molecular flexibility index (Phi) is 5.39. The van der Waals surface area contributed by atoms with Gasteiger partial charge in [-0.1, -0.05) is 12.1 Å². The van der Waals surface area contributed by atoms with E-state index in [1.54, 1.807) is 7.05 Å². The second kappa shape index (κ2) is 7.75. The van der Waals surface area contributed by atoms with Gasteiger partial charge in [0, 0.05) is 30.7 Å². The Morgan fingerprint density at radius 2 is 2.11 bits per heavy atom. The zero-order chi connectivity index (χ0) is 20.3. The number of anilines is 1. The molecule has 0 saturated heterocycles. The summed E-state index contributed by atoms with van der Waals surface area (Å²) in [4.78, 5) is 22.9. The topological polar surface area (TPSA) is 103 Å². The second-order valence-electron chi connectivity index (χ2n) is 7.13. The lowest BCUT2D eigenvalue weighted by Crippen LogP contribution is -2.28. The van der Waals surface area contributed by atoms with Gasteiger partial charge < -0.3 is 20.1 Å². The summed E-state index contributed by atoms with van der Waals surface area (Å²) in [6.07, 6.45) is 0.817. The molecule has 0 radical (unpaired) electrons. The van der Waals surface area contributed by atoms with Crippen molar-refractivity contribution in [1.29, 1.82) is 0 Å². The molecule has 1 heterocycles. The molecular weight excluding hydrogens is 362 g/mol. The lowest BCUT2D eigenvalue weighted by atomic mass is 10.0. The number of rotatable bonds is 7. The van der Waals surface area contributed by atoms with E-state index in [0.717, 1.165) is 17.7 Å². The second-order valence-corrected chi connectivity index (χ2v) is 7.13. The summed E-state index contributed by atoms with van der Waals surface area (Å²) in [6.45, 7) is 4.56. The molecule has 0 saturated carbocycles. The summed E-state index contributed by atoms with van der Waals surface area (Å²) in [7, 11) is 1.59. The van der Waals surface area contributed by atoms with Crippen LogP contribution in [0.25, 0.3) is 0 Å². The van der Waals surface area contributed by atoms with E-state index < -0.39 is 10.8 Å². The van der Waals surface area contributed by atoms with Crippen LogP contribution < -0.4 is 20.1 Å². The third-order valence-corrected chi connectivity index (χ3v) is 4.43. The molecule has 148 valence electrons. The van der Waals surface area contributed by atoms with Crippen molar-refractivity contribution in [3.8, 4) is 11.5 Å². The molecule has 1 aliphatic rings. The fraction of sp³-hybridized carbons (Fsp3) is 0.350. The summed E-state index contributed by atoms with van der Waals surface area (Å²) in [5, 5.41) is 16.6. The quantitative estimate of drug-likeness (QED) is 0.431. The lowest BCUT2D eigenvalue weighted by Gasteiger charge is -2.18. The van der Waals surface area contributed by atoms with Gasteiger partial charge in [0.2, 0.25) is 0 Å². The van der Waals surface area contributed by atoms with Crippen molar-refractivity contribution in [2.75, 3.05) is 25.5 Å². The maximum atomic E-state index is 12.3. The highest BCUT2D eigenvalue weighted by molar-refractivity contribution is 5.95. The zero-order valence-corrected chi connectivity index (χ0v) is 16.1. The standard InChI is InChI=1S/C20H23N3O5/c1-20(2)12-14-5-4-6-17(18(14)28-20)27-10-9-22-19(24)13-7-8-15(21-3)16(11-13)23(25)26/h4-8,11,21H,9-10,12H2,1-3H3,(H,22,24). The van der Waals surface area contributed by atoms with Gasteiger partial charge in [-0.15, -0.1) is 0 Å². The third-order valence-electron chi connectivity index (χ3n) is 4.43. The highest BCUT2D eigenvalue weighted by Crippen LogP contribution is 2.41. The highest BCUT2D eigenvalue weighted by Gasteiger charge is 2.32.